The number of aryl methyl sites for hydroxylation is 1. The summed E-state index contributed by atoms with van der Waals surface area (Å²) in [6, 6.07) is 3.75. The highest BCUT2D eigenvalue weighted by molar-refractivity contribution is 9.11. The van der Waals surface area contributed by atoms with Gasteiger partial charge in [-0.15, -0.1) is 17.9 Å². The Morgan fingerprint density at radius 2 is 2.04 bits per heavy atom. The Hall–Kier alpha value is -1.71. The van der Waals surface area contributed by atoms with E-state index in [1.54, 1.807) is 11.5 Å². The second-order valence-electron chi connectivity index (χ2n) is 4.94. The number of amides is 1. The Bertz CT molecular complexity index is 785. The minimum Gasteiger partial charge on any atom is -0.451 e. The number of benzene rings is 1. The first-order chi connectivity index (χ1) is 11.9. The van der Waals surface area contributed by atoms with Crippen LogP contribution in [-0.2, 0) is 9.53 Å². The molecule has 0 fully saturated rings. The molecule has 0 radical (unpaired) electrons. The maximum atomic E-state index is 12.0. The Balaban J connectivity index is 1.90. The predicted molar refractivity (Wildman–Crippen MR) is 106 cm³/mol. The molecule has 2 aromatic rings. The Labute approximate surface area is 165 Å². The SMILES string of the molecule is C=CCNc1nc(C(=O)OCC(=O)Nc2c(Br)cc(C)cc2Br)cs1. The van der Waals surface area contributed by atoms with E-state index >= 15 is 0 Å². The molecule has 0 unspecified atom stereocenters. The van der Waals surface area contributed by atoms with E-state index in [4.69, 9.17) is 4.74 Å². The van der Waals surface area contributed by atoms with Crippen molar-refractivity contribution in [3.05, 3.63) is 50.4 Å². The molecule has 2 N–H and O–H groups in total. The largest absolute Gasteiger partial charge is 0.451 e. The van der Waals surface area contributed by atoms with Crippen LogP contribution in [0.25, 0.3) is 0 Å². The number of hydrogen-bond acceptors (Lipinski definition) is 6. The lowest BCUT2D eigenvalue weighted by Crippen LogP contribution is -2.21. The average Bonchev–Trinajstić information content (AvgIpc) is 3.03. The number of thiazole rings is 1. The first-order valence-corrected chi connectivity index (χ1v) is 9.60. The van der Waals surface area contributed by atoms with E-state index in [1.807, 2.05) is 19.1 Å². The molecule has 0 atom stereocenters. The molecule has 0 bridgehead atoms. The monoisotopic (exact) mass is 487 g/mol. The average molecular weight is 489 g/mol. The van der Waals surface area contributed by atoms with Crippen molar-refractivity contribution in [2.24, 2.45) is 0 Å². The van der Waals surface area contributed by atoms with Gasteiger partial charge in [-0.3, -0.25) is 4.79 Å². The van der Waals surface area contributed by atoms with Gasteiger partial charge in [0.15, 0.2) is 17.4 Å². The standard InChI is InChI=1S/C16H15Br2N3O3S/c1-3-4-19-16-20-12(8-25-16)15(23)24-7-13(22)21-14-10(17)5-9(2)6-11(14)18/h3,5-6,8H,1,4,7H2,2H3,(H,19,20)(H,21,22). The van der Waals surface area contributed by atoms with Crippen molar-refractivity contribution in [2.45, 2.75) is 6.92 Å². The van der Waals surface area contributed by atoms with Crippen LogP contribution in [0.3, 0.4) is 0 Å². The van der Waals surface area contributed by atoms with Crippen LogP contribution in [-0.4, -0.2) is 30.0 Å². The van der Waals surface area contributed by atoms with Crippen LogP contribution in [0.1, 0.15) is 16.1 Å². The lowest BCUT2D eigenvalue weighted by Gasteiger charge is -2.10. The second kappa shape index (κ2) is 9.12. The number of carbonyl (C=O) groups is 2. The maximum Gasteiger partial charge on any atom is 0.358 e. The molecule has 25 heavy (non-hydrogen) atoms. The number of rotatable bonds is 7. The zero-order chi connectivity index (χ0) is 18.4. The van der Waals surface area contributed by atoms with E-state index in [2.05, 4.69) is 54.1 Å². The number of esters is 1. The number of nitrogens with zero attached hydrogens (tertiary/aromatic N) is 1. The van der Waals surface area contributed by atoms with Crippen molar-refractivity contribution >= 4 is 65.9 Å². The van der Waals surface area contributed by atoms with E-state index in [0.717, 1.165) is 14.5 Å². The Morgan fingerprint density at radius 1 is 1.36 bits per heavy atom. The molecule has 1 amide bonds. The van der Waals surface area contributed by atoms with Crippen LogP contribution in [0.2, 0.25) is 0 Å². The molecular weight excluding hydrogens is 474 g/mol. The fraction of sp³-hybridized carbons (Fsp3) is 0.188. The zero-order valence-corrected chi connectivity index (χ0v) is 17.3. The number of aromatic nitrogens is 1. The molecule has 0 saturated carbocycles. The van der Waals surface area contributed by atoms with Crippen LogP contribution in [0.5, 0.6) is 0 Å². The molecular formula is C16H15Br2N3O3S. The summed E-state index contributed by atoms with van der Waals surface area (Å²) in [6.45, 7) is 5.67. The van der Waals surface area contributed by atoms with E-state index in [-0.39, 0.29) is 5.69 Å². The normalized spacial score (nSPS) is 10.2. The summed E-state index contributed by atoms with van der Waals surface area (Å²) >= 11 is 8.06. The molecule has 1 aromatic carbocycles. The summed E-state index contributed by atoms with van der Waals surface area (Å²) in [5, 5.41) is 7.83. The molecule has 0 saturated heterocycles. The smallest absolute Gasteiger partial charge is 0.358 e. The summed E-state index contributed by atoms with van der Waals surface area (Å²) in [4.78, 5) is 28.0. The van der Waals surface area contributed by atoms with Crippen molar-refractivity contribution in [2.75, 3.05) is 23.8 Å². The summed E-state index contributed by atoms with van der Waals surface area (Å²) in [6.07, 6.45) is 1.69. The zero-order valence-electron chi connectivity index (χ0n) is 13.3. The van der Waals surface area contributed by atoms with E-state index in [9.17, 15) is 9.59 Å². The van der Waals surface area contributed by atoms with Gasteiger partial charge in [0.25, 0.3) is 5.91 Å². The van der Waals surface area contributed by atoms with Crippen LogP contribution in [0.15, 0.2) is 39.1 Å². The second-order valence-corrected chi connectivity index (χ2v) is 7.50. The van der Waals surface area contributed by atoms with Gasteiger partial charge < -0.3 is 15.4 Å². The van der Waals surface area contributed by atoms with E-state index in [0.29, 0.717) is 17.4 Å². The molecule has 0 spiro atoms. The van der Waals surface area contributed by atoms with Gasteiger partial charge in [0.1, 0.15) is 0 Å². The lowest BCUT2D eigenvalue weighted by atomic mass is 10.2. The molecule has 9 heteroatoms. The molecule has 1 heterocycles. The predicted octanol–water partition coefficient (Wildman–Crippen LogP) is 4.37. The van der Waals surface area contributed by atoms with Gasteiger partial charge in [-0.2, -0.15) is 0 Å². The number of hydrogen-bond donors (Lipinski definition) is 2. The molecule has 132 valence electrons. The van der Waals surface area contributed by atoms with Gasteiger partial charge in [0, 0.05) is 20.9 Å². The summed E-state index contributed by atoms with van der Waals surface area (Å²) in [7, 11) is 0. The summed E-state index contributed by atoms with van der Waals surface area (Å²) in [5.41, 5.74) is 1.77. The van der Waals surface area contributed by atoms with E-state index in [1.165, 1.54) is 11.3 Å². The number of anilines is 2. The molecule has 0 aliphatic heterocycles. The Morgan fingerprint density at radius 3 is 2.68 bits per heavy atom. The number of nitrogens with one attached hydrogen (secondary N) is 2. The third-order valence-corrected chi connectivity index (χ3v) is 4.95. The van der Waals surface area contributed by atoms with Gasteiger partial charge >= 0.3 is 5.97 Å². The molecule has 1 aromatic heterocycles. The summed E-state index contributed by atoms with van der Waals surface area (Å²) < 4.78 is 6.46. The fourth-order valence-corrected chi connectivity index (χ4v) is 4.11. The first kappa shape index (κ1) is 19.6. The Kier molecular flexibility index (Phi) is 7.15. The quantitative estimate of drug-likeness (QED) is 0.446. The number of ether oxygens (including phenoxy) is 1. The van der Waals surface area contributed by atoms with Crippen LogP contribution >= 0.6 is 43.2 Å². The third kappa shape index (κ3) is 5.65. The van der Waals surface area contributed by atoms with Gasteiger partial charge in [0.2, 0.25) is 0 Å². The minimum absolute atomic E-state index is 0.155. The molecule has 0 aliphatic rings. The first-order valence-electron chi connectivity index (χ1n) is 7.13. The van der Waals surface area contributed by atoms with Gasteiger partial charge in [-0.05, 0) is 56.5 Å². The van der Waals surface area contributed by atoms with Crippen molar-refractivity contribution in [3.8, 4) is 0 Å². The lowest BCUT2D eigenvalue weighted by molar-refractivity contribution is -0.119. The molecule has 2 rings (SSSR count). The van der Waals surface area contributed by atoms with Gasteiger partial charge in [0.05, 0.1) is 5.69 Å². The molecule has 6 nitrogen and oxygen atoms in total. The topological polar surface area (TPSA) is 80.3 Å². The highest BCUT2D eigenvalue weighted by atomic mass is 79.9. The van der Waals surface area contributed by atoms with Gasteiger partial charge in [-0.25, -0.2) is 9.78 Å². The van der Waals surface area contributed by atoms with Crippen molar-refractivity contribution in [3.63, 3.8) is 0 Å². The van der Waals surface area contributed by atoms with Crippen LogP contribution < -0.4 is 10.6 Å². The van der Waals surface area contributed by atoms with Crippen molar-refractivity contribution in [1.29, 1.82) is 0 Å². The number of carbonyl (C=O) groups excluding carboxylic acids is 2. The highest BCUT2D eigenvalue weighted by Crippen LogP contribution is 2.32. The van der Waals surface area contributed by atoms with E-state index < -0.39 is 18.5 Å². The maximum absolute atomic E-state index is 12.0. The van der Waals surface area contributed by atoms with Crippen molar-refractivity contribution < 1.29 is 14.3 Å². The highest BCUT2D eigenvalue weighted by Gasteiger charge is 2.15. The van der Waals surface area contributed by atoms with Crippen molar-refractivity contribution in [1.82, 2.24) is 4.98 Å². The molecule has 0 aliphatic carbocycles. The van der Waals surface area contributed by atoms with Gasteiger partial charge in [-0.1, -0.05) is 6.08 Å². The summed E-state index contributed by atoms with van der Waals surface area (Å²) in [5.74, 6) is -1.10. The third-order valence-electron chi connectivity index (χ3n) is 2.90. The van der Waals surface area contributed by atoms with Crippen LogP contribution in [0.4, 0.5) is 10.8 Å². The fourth-order valence-electron chi connectivity index (χ4n) is 1.81. The minimum atomic E-state index is -0.653. The van der Waals surface area contributed by atoms with Crippen LogP contribution in [0, 0.1) is 6.92 Å². The number of halogens is 2.